The molecule has 1 aliphatic carbocycles. The molecule has 1 aliphatic heterocycles. The lowest BCUT2D eigenvalue weighted by Crippen LogP contribution is -2.50. The predicted octanol–water partition coefficient (Wildman–Crippen LogP) is 4.13. The van der Waals surface area contributed by atoms with Crippen molar-refractivity contribution in [2.45, 2.75) is 52.1 Å². The Kier molecular flexibility index (Phi) is 3.42. The zero-order valence-corrected chi connectivity index (χ0v) is 12.4. The summed E-state index contributed by atoms with van der Waals surface area (Å²) in [6.07, 6.45) is 4.10. The Morgan fingerprint density at radius 2 is 1.68 bits per heavy atom. The van der Waals surface area contributed by atoms with Gasteiger partial charge in [0, 0.05) is 18.6 Å². The predicted molar refractivity (Wildman–Crippen MR) is 82.8 cm³/mol. The maximum absolute atomic E-state index is 3.56. The summed E-state index contributed by atoms with van der Waals surface area (Å²) < 4.78 is 0. The molecule has 2 nitrogen and oxygen atoms in total. The highest BCUT2D eigenvalue weighted by Gasteiger charge is 2.33. The van der Waals surface area contributed by atoms with Gasteiger partial charge in [0.1, 0.15) is 0 Å². The van der Waals surface area contributed by atoms with E-state index >= 15 is 0 Å². The van der Waals surface area contributed by atoms with Gasteiger partial charge < -0.3 is 10.2 Å². The van der Waals surface area contributed by atoms with Crippen molar-refractivity contribution in [2.75, 3.05) is 16.8 Å². The van der Waals surface area contributed by atoms with Crippen molar-refractivity contribution in [3.63, 3.8) is 0 Å². The summed E-state index contributed by atoms with van der Waals surface area (Å²) in [5, 5.41) is 3.56. The number of benzene rings is 1. The summed E-state index contributed by atoms with van der Waals surface area (Å²) in [5.74, 6) is 1.73. The van der Waals surface area contributed by atoms with Gasteiger partial charge in [-0.05, 0) is 50.2 Å². The lowest BCUT2D eigenvalue weighted by atomic mass is 9.79. The number of nitrogens with zero attached hydrogens (tertiary/aromatic N) is 1. The molecule has 3 atom stereocenters. The van der Waals surface area contributed by atoms with Crippen molar-refractivity contribution in [1.29, 1.82) is 0 Å². The van der Waals surface area contributed by atoms with Gasteiger partial charge in [-0.3, -0.25) is 0 Å². The van der Waals surface area contributed by atoms with Gasteiger partial charge in [0.05, 0.1) is 11.4 Å². The molecule has 19 heavy (non-hydrogen) atoms. The topological polar surface area (TPSA) is 15.3 Å². The molecule has 2 heteroatoms. The number of nitrogens with one attached hydrogen (secondary N) is 1. The fraction of sp³-hybridized carbons (Fsp3) is 0.647. The Morgan fingerprint density at radius 1 is 1.00 bits per heavy atom. The van der Waals surface area contributed by atoms with Crippen molar-refractivity contribution in [3.05, 3.63) is 24.3 Å². The molecule has 3 unspecified atom stereocenters. The van der Waals surface area contributed by atoms with E-state index in [2.05, 4.69) is 55.3 Å². The monoisotopic (exact) mass is 258 g/mol. The summed E-state index contributed by atoms with van der Waals surface area (Å²) in [7, 11) is 0. The molecule has 0 saturated heterocycles. The molecule has 1 fully saturated rings. The molecule has 1 heterocycles. The Morgan fingerprint density at radius 3 is 2.42 bits per heavy atom. The van der Waals surface area contributed by atoms with Crippen molar-refractivity contribution in [2.24, 2.45) is 11.8 Å². The zero-order valence-electron chi connectivity index (χ0n) is 12.4. The Labute approximate surface area is 117 Å². The molecule has 1 aromatic carbocycles. The summed E-state index contributed by atoms with van der Waals surface area (Å²) in [6, 6.07) is 10.1. The molecule has 0 amide bonds. The molecule has 3 rings (SSSR count). The fourth-order valence-corrected chi connectivity index (χ4v) is 4.13. The van der Waals surface area contributed by atoms with Gasteiger partial charge in [-0.15, -0.1) is 0 Å². The second-order valence-corrected chi connectivity index (χ2v) is 6.73. The normalized spacial score (nSPS) is 34.6. The molecule has 1 N–H and O–H groups in total. The Bertz CT molecular complexity index is 433. The Hall–Kier alpha value is -1.18. The van der Waals surface area contributed by atoms with Crippen LogP contribution in [0.1, 0.15) is 40.0 Å². The van der Waals surface area contributed by atoms with E-state index in [4.69, 9.17) is 0 Å². The number of hydrogen-bond acceptors (Lipinski definition) is 2. The van der Waals surface area contributed by atoms with Crippen molar-refractivity contribution in [1.82, 2.24) is 0 Å². The van der Waals surface area contributed by atoms with Crippen LogP contribution >= 0.6 is 0 Å². The van der Waals surface area contributed by atoms with Crippen LogP contribution in [0.3, 0.4) is 0 Å². The number of anilines is 2. The molecule has 1 aromatic rings. The fourth-order valence-electron chi connectivity index (χ4n) is 4.13. The summed E-state index contributed by atoms with van der Waals surface area (Å²) in [5.41, 5.74) is 2.72. The van der Waals surface area contributed by atoms with Gasteiger partial charge in [-0.25, -0.2) is 0 Å². The van der Waals surface area contributed by atoms with E-state index in [1.807, 2.05) is 0 Å². The van der Waals surface area contributed by atoms with E-state index in [-0.39, 0.29) is 0 Å². The standard InChI is InChI=1S/C17H26N2/c1-12-8-13(2)10-15(9-12)19-14(3)11-18-16-6-4-5-7-17(16)19/h4-7,12-15,18H,8-11H2,1-3H3. The minimum absolute atomic E-state index is 0.595. The molecular formula is C17H26N2. The zero-order chi connectivity index (χ0) is 13.4. The van der Waals surface area contributed by atoms with Gasteiger partial charge >= 0.3 is 0 Å². The van der Waals surface area contributed by atoms with Crippen LogP contribution in [0.2, 0.25) is 0 Å². The molecule has 0 bridgehead atoms. The van der Waals surface area contributed by atoms with Gasteiger partial charge in [0.15, 0.2) is 0 Å². The highest BCUT2D eigenvalue weighted by atomic mass is 15.2. The van der Waals surface area contributed by atoms with Crippen molar-refractivity contribution in [3.8, 4) is 0 Å². The Balaban J connectivity index is 1.90. The number of hydrogen-bond donors (Lipinski definition) is 1. The van der Waals surface area contributed by atoms with Crippen LogP contribution in [-0.2, 0) is 0 Å². The van der Waals surface area contributed by atoms with Crippen LogP contribution in [-0.4, -0.2) is 18.6 Å². The van der Waals surface area contributed by atoms with Crippen LogP contribution in [0.5, 0.6) is 0 Å². The van der Waals surface area contributed by atoms with Crippen molar-refractivity contribution >= 4 is 11.4 Å². The molecule has 0 radical (unpaired) electrons. The van der Waals surface area contributed by atoms with Gasteiger partial charge in [-0.1, -0.05) is 26.0 Å². The average Bonchev–Trinajstić information content (AvgIpc) is 2.37. The third-order valence-corrected chi connectivity index (χ3v) is 4.79. The summed E-state index contributed by atoms with van der Waals surface area (Å²) in [6.45, 7) is 8.26. The first-order valence-electron chi connectivity index (χ1n) is 7.76. The second kappa shape index (κ2) is 5.07. The van der Waals surface area contributed by atoms with E-state index in [1.165, 1.54) is 30.6 Å². The summed E-state index contributed by atoms with van der Waals surface area (Å²) in [4.78, 5) is 2.69. The SMILES string of the molecule is CC1CC(C)CC(N2c3ccccc3NCC2C)C1. The number of rotatable bonds is 1. The highest BCUT2D eigenvalue weighted by Crippen LogP contribution is 2.39. The number of para-hydroxylation sites is 2. The second-order valence-electron chi connectivity index (χ2n) is 6.73. The van der Waals surface area contributed by atoms with E-state index < -0.39 is 0 Å². The van der Waals surface area contributed by atoms with Gasteiger partial charge in [0.2, 0.25) is 0 Å². The highest BCUT2D eigenvalue weighted by molar-refractivity contribution is 5.73. The van der Waals surface area contributed by atoms with Crippen LogP contribution in [0, 0.1) is 11.8 Å². The average molecular weight is 258 g/mol. The van der Waals surface area contributed by atoms with Crippen LogP contribution < -0.4 is 10.2 Å². The first-order chi connectivity index (χ1) is 9.15. The van der Waals surface area contributed by atoms with Gasteiger partial charge in [0.25, 0.3) is 0 Å². The first kappa shape index (κ1) is 12.8. The van der Waals surface area contributed by atoms with E-state index in [1.54, 1.807) is 0 Å². The minimum atomic E-state index is 0.595. The van der Waals surface area contributed by atoms with E-state index in [0.717, 1.165) is 24.4 Å². The number of fused-ring (bicyclic) bond motifs is 1. The molecule has 104 valence electrons. The molecule has 0 spiro atoms. The minimum Gasteiger partial charge on any atom is -0.381 e. The smallest absolute Gasteiger partial charge is 0.0607 e. The van der Waals surface area contributed by atoms with E-state index in [0.29, 0.717) is 6.04 Å². The molecule has 0 aromatic heterocycles. The molecule has 1 saturated carbocycles. The largest absolute Gasteiger partial charge is 0.381 e. The van der Waals surface area contributed by atoms with E-state index in [9.17, 15) is 0 Å². The van der Waals surface area contributed by atoms with Crippen LogP contribution in [0.25, 0.3) is 0 Å². The lowest BCUT2D eigenvalue weighted by Gasteiger charge is -2.46. The molecule has 2 aliphatic rings. The first-order valence-corrected chi connectivity index (χ1v) is 7.76. The third kappa shape index (κ3) is 2.45. The quantitative estimate of drug-likeness (QED) is 0.814. The maximum atomic E-state index is 3.56. The lowest BCUT2D eigenvalue weighted by molar-refractivity contribution is 0.252. The van der Waals surface area contributed by atoms with Gasteiger partial charge in [-0.2, -0.15) is 0 Å². The molecular weight excluding hydrogens is 232 g/mol. The summed E-state index contributed by atoms with van der Waals surface area (Å²) >= 11 is 0. The third-order valence-electron chi connectivity index (χ3n) is 4.79. The van der Waals surface area contributed by atoms with Crippen LogP contribution in [0.15, 0.2) is 24.3 Å². The van der Waals surface area contributed by atoms with Crippen molar-refractivity contribution < 1.29 is 0 Å². The maximum Gasteiger partial charge on any atom is 0.0607 e. The van der Waals surface area contributed by atoms with Crippen LogP contribution in [0.4, 0.5) is 11.4 Å².